The Kier molecular flexibility index (Phi) is 8.59. The minimum absolute atomic E-state index is 0.449. The van der Waals surface area contributed by atoms with Crippen LogP contribution < -0.4 is 10.6 Å². The number of unbranched alkanes of at least 4 members (excludes halogenated alkanes) is 1. The summed E-state index contributed by atoms with van der Waals surface area (Å²) in [5.74, 6) is 0. The Labute approximate surface area is 202 Å². The lowest BCUT2D eigenvalue weighted by Gasteiger charge is -2.31. The molecule has 0 aliphatic heterocycles. The molecular formula is C29H35BOP2+2. The molecule has 0 heterocycles. The van der Waals surface area contributed by atoms with Crippen LogP contribution in [0.3, 0.4) is 0 Å². The molecule has 0 saturated carbocycles. The fourth-order valence-corrected chi connectivity index (χ4v) is 12.0. The molecule has 2 radical (unpaired) electrons. The first-order chi connectivity index (χ1) is 16.2. The summed E-state index contributed by atoms with van der Waals surface area (Å²) in [7, 11) is 5.55. The van der Waals surface area contributed by atoms with E-state index in [0.717, 1.165) is 44.4 Å². The summed E-state index contributed by atoms with van der Waals surface area (Å²) in [6, 6.07) is 21.7. The second-order valence-electron chi connectivity index (χ2n) is 8.90. The second kappa shape index (κ2) is 11.6. The van der Waals surface area contributed by atoms with Crippen molar-refractivity contribution >= 4 is 32.8 Å². The van der Waals surface area contributed by atoms with Gasteiger partial charge in [0.1, 0.15) is 11.0 Å². The van der Waals surface area contributed by atoms with Crippen LogP contribution in [0.25, 0.3) is 0 Å². The van der Waals surface area contributed by atoms with Gasteiger partial charge in [-0.1, -0.05) is 60.7 Å². The number of rotatable bonds is 10. The molecule has 33 heavy (non-hydrogen) atoms. The van der Waals surface area contributed by atoms with Crippen molar-refractivity contribution in [1.29, 1.82) is 0 Å². The summed E-state index contributed by atoms with van der Waals surface area (Å²) in [5.41, 5.74) is 0.449. The van der Waals surface area contributed by atoms with Gasteiger partial charge >= 0.3 is 7.57 Å². The van der Waals surface area contributed by atoms with Crippen molar-refractivity contribution < 1.29 is 4.52 Å². The number of hydrogen-bond donors (Lipinski definition) is 0. The molecular weight excluding hydrogens is 437 g/mol. The molecule has 0 N–H and O–H groups in total. The smallest absolute Gasteiger partial charge is 0.235 e. The molecule has 0 aromatic heterocycles. The van der Waals surface area contributed by atoms with E-state index in [-0.39, 0.29) is 0 Å². The third kappa shape index (κ3) is 5.51. The maximum absolute atomic E-state index is 7.28. The van der Waals surface area contributed by atoms with Gasteiger partial charge in [0, 0.05) is 13.6 Å². The molecule has 2 aliphatic rings. The van der Waals surface area contributed by atoms with E-state index in [9.17, 15) is 0 Å². The quantitative estimate of drug-likeness (QED) is 0.202. The first kappa shape index (κ1) is 24.4. The lowest BCUT2D eigenvalue weighted by atomic mass is 10.2. The second-order valence-corrected chi connectivity index (χ2v) is 15.7. The van der Waals surface area contributed by atoms with Gasteiger partial charge in [-0.2, -0.15) is 0 Å². The maximum atomic E-state index is 7.28. The minimum Gasteiger partial charge on any atom is -0.235 e. The summed E-state index contributed by atoms with van der Waals surface area (Å²) in [6.45, 7) is 0. The fraction of sp³-hybridized carbons (Fsp3) is 0.310. The highest BCUT2D eigenvalue weighted by molar-refractivity contribution is 8.06. The molecule has 0 bridgehead atoms. The molecule has 168 valence electrons. The van der Waals surface area contributed by atoms with Crippen LogP contribution in [0.2, 0.25) is 0 Å². The first-order valence-electron chi connectivity index (χ1n) is 12.1. The Morgan fingerprint density at radius 3 is 2.15 bits per heavy atom. The van der Waals surface area contributed by atoms with E-state index in [1.54, 1.807) is 0 Å². The molecule has 2 aromatic rings. The van der Waals surface area contributed by atoms with Gasteiger partial charge in [-0.05, 0) is 68.2 Å². The molecule has 1 nitrogen and oxygen atoms in total. The molecule has 3 unspecified atom stereocenters. The lowest BCUT2D eigenvalue weighted by Crippen LogP contribution is -2.26. The summed E-state index contributed by atoms with van der Waals surface area (Å²) in [6.07, 6.45) is 23.7. The van der Waals surface area contributed by atoms with Gasteiger partial charge in [-0.3, -0.25) is 0 Å². The molecule has 0 amide bonds. The van der Waals surface area contributed by atoms with Crippen LogP contribution >= 0.6 is 14.6 Å². The van der Waals surface area contributed by atoms with Crippen molar-refractivity contribution in [2.45, 2.75) is 37.8 Å². The minimum atomic E-state index is -1.87. The topological polar surface area (TPSA) is 9.23 Å². The van der Waals surface area contributed by atoms with Gasteiger partial charge in [0.25, 0.3) is 0 Å². The highest BCUT2D eigenvalue weighted by atomic mass is 31.2. The standard InChI is InChI=1S/C29H35BOP2/c1-31-33(28-20-10-4-11-21-28,29-22-12-5-13-23-29)25-15-14-24-32(30,26-16-6-2-7-17-26)27-18-8-3-9-19-27/h2,4-8,10-13,16-22,29H,3,9,14-15,23-25H2,1H3/q+2. The first-order valence-corrected chi connectivity index (χ1v) is 16.1. The van der Waals surface area contributed by atoms with Crippen molar-refractivity contribution in [2.24, 2.45) is 0 Å². The summed E-state index contributed by atoms with van der Waals surface area (Å²) < 4.78 is 6.48. The lowest BCUT2D eigenvalue weighted by molar-refractivity contribution is 0.444. The largest absolute Gasteiger partial charge is 0.377 e. The van der Waals surface area contributed by atoms with E-state index >= 15 is 0 Å². The summed E-state index contributed by atoms with van der Waals surface area (Å²) >= 11 is 0. The zero-order chi connectivity index (χ0) is 23.0. The summed E-state index contributed by atoms with van der Waals surface area (Å²) in [5, 5.41) is 4.07. The highest BCUT2D eigenvalue weighted by Gasteiger charge is 2.48. The zero-order valence-electron chi connectivity index (χ0n) is 19.7. The van der Waals surface area contributed by atoms with E-state index in [4.69, 9.17) is 12.1 Å². The van der Waals surface area contributed by atoms with Crippen molar-refractivity contribution in [3.63, 3.8) is 0 Å². The molecule has 4 rings (SSSR count). The monoisotopic (exact) mass is 472 g/mol. The van der Waals surface area contributed by atoms with Crippen molar-refractivity contribution in [2.75, 3.05) is 19.4 Å². The predicted octanol–water partition coefficient (Wildman–Crippen LogP) is 7.22. The maximum Gasteiger partial charge on any atom is 0.377 e. The number of benzene rings is 2. The SMILES string of the molecule is [B][P+](CCCC[P+](OC)(c1ccccc1)C1C=CC=CC1)(C1=CCCC=C1)c1ccccc1. The molecule has 0 saturated heterocycles. The van der Waals surface area contributed by atoms with Gasteiger partial charge in [-0.25, -0.2) is 4.52 Å². The molecule has 0 fully saturated rings. The zero-order valence-corrected chi connectivity index (χ0v) is 21.5. The molecule has 2 aliphatic carbocycles. The van der Waals surface area contributed by atoms with Gasteiger partial charge in [0.2, 0.25) is 0 Å². The van der Waals surface area contributed by atoms with Crippen molar-refractivity contribution in [3.8, 4) is 0 Å². The van der Waals surface area contributed by atoms with Crippen LogP contribution in [0.5, 0.6) is 0 Å². The van der Waals surface area contributed by atoms with Crippen LogP contribution in [-0.4, -0.2) is 32.7 Å². The van der Waals surface area contributed by atoms with Gasteiger partial charge in [0.15, 0.2) is 7.49 Å². The van der Waals surface area contributed by atoms with E-state index < -0.39 is 14.6 Å². The van der Waals surface area contributed by atoms with Crippen molar-refractivity contribution in [3.05, 3.63) is 109 Å². The Morgan fingerprint density at radius 2 is 1.55 bits per heavy atom. The van der Waals surface area contributed by atoms with Crippen LogP contribution in [0, 0.1) is 0 Å². The molecule has 2 aromatic carbocycles. The fourth-order valence-electron chi connectivity index (χ4n) is 5.08. The number of allylic oxidation sites excluding steroid dienone is 8. The Morgan fingerprint density at radius 1 is 0.848 bits per heavy atom. The third-order valence-electron chi connectivity index (χ3n) is 6.92. The van der Waals surface area contributed by atoms with E-state index in [1.807, 2.05) is 7.11 Å². The normalized spacial score (nSPS) is 21.2. The average molecular weight is 472 g/mol. The molecule has 3 atom stereocenters. The Balaban J connectivity index is 1.52. The van der Waals surface area contributed by atoms with Crippen molar-refractivity contribution in [1.82, 2.24) is 0 Å². The average Bonchev–Trinajstić information content (AvgIpc) is 2.91. The summed E-state index contributed by atoms with van der Waals surface area (Å²) in [4.78, 5) is 0. The van der Waals surface area contributed by atoms with E-state index in [1.165, 1.54) is 15.9 Å². The Bertz CT molecular complexity index is 1010. The van der Waals surface area contributed by atoms with Crippen LogP contribution in [-0.2, 0) is 4.52 Å². The van der Waals surface area contributed by atoms with E-state index in [0.29, 0.717) is 5.66 Å². The third-order valence-corrected chi connectivity index (χ3v) is 14.7. The van der Waals surface area contributed by atoms with Gasteiger partial charge in [0.05, 0.1) is 30.1 Å². The van der Waals surface area contributed by atoms with Crippen LogP contribution in [0.1, 0.15) is 32.1 Å². The Hall–Kier alpha value is -1.72. The van der Waals surface area contributed by atoms with Crippen LogP contribution in [0.15, 0.2) is 109 Å². The van der Waals surface area contributed by atoms with E-state index in [2.05, 4.69) is 103 Å². The van der Waals surface area contributed by atoms with Crippen LogP contribution in [0.4, 0.5) is 0 Å². The van der Waals surface area contributed by atoms with Gasteiger partial charge in [-0.15, -0.1) is 0 Å². The highest BCUT2D eigenvalue weighted by Crippen LogP contribution is 2.66. The van der Waals surface area contributed by atoms with Gasteiger partial charge < -0.3 is 0 Å². The molecule has 4 heteroatoms. The predicted molar refractivity (Wildman–Crippen MR) is 151 cm³/mol. The molecule has 0 spiro atoms. The number of hydrogen-bond acceptors (Lipinski definition) is 1.